The molecule has 4 fully saturated rings. The van der Waals surface area contributed by atoms with Gasteiger partial charge in [-0.3, -0.25) is 4.90 Å². The Balaban J connectivity index is 1.25. The van der Waals surface area contributed by atoms with Gasteiger partial charge in [0.1, 0.15) is 18.2 Å². The molecule has 4 aliphatic rings. The number of aromatic hydroxyl groups is 1. The molecule has 2 unspecified atom stereocenters. The smallest absolute Gasteiger partial charge is 0.320 e. The van der Waals surface area contributed by atoms with Gasteiger partial charge >= 0.3 is 6.01 Å². The number of hydrogen-bond donors (Lipinski definition) is 2. The fourth-order valence-electron chi connectivity index (χ4n) is 7.61. The number of piperazine rings is 1. The molecule has 8 nitrogen and oxygen atoms in total. The lowest BCUT2D eigenvalue weighted by molar-refractivity contribution is 0.108. The maximum atomic E-state index is 10.5. The summed E-state index contributed by atoms with van der Waals surface area (Å²) in [6.07, 6.45) is 7.13. The van der Waals surface area contributed by atoms with E-state index in [0.717, 1.165) is 66.6 Å². The van der Waals surface area contributed by atoms with Gasteiger partial charge < -0.3 is 20.1 Å². The average molecular weight is 557 g/mol. The third-order valence-corrected chi connectivity index (χ3v) is 9.79. The van der Waals surface area contributed by atoms with E-state index in [2.05, 4.69) is 15.1 Å². The van der Waals surface area contributed by atoms with Crippen molar-refractivity contribution in [2.24, 2.45) is 0 Å². The SMILES string of the molecule is Oc1cc(-c2nc3nc(OCC45CCCN4CCC5)nc(N4CC5CCC(C4)N5)c3cc2Cl)c2ccccc2c1. The summed E-state index contributed by atoms with van der Waals surface area (Å²) in [7, 11) is 0. The number of nitrogens with zero attached hydrogens (tertiary/aromatic N) is 5. The van der Waals surface area contributed by atoms with E-state index in [9.17, 15) is 5.11 Å². The summed E-state index contributed by atoms with van der Waals surface area (Å²) in [6, 6.07) is 14.7. The average Bonchev–Trinajstić information content (AvgIpc) is 3.64. The van der Waals surface area contributed by atoms with Crippen molar-refractivity contribution < 1.29 is 9.84 Å². The highest BCUT2D eigenvalue weighted by atomic mass is 35.5. The minimum Gasteiger partial charge on any atom is -0.508 e. The predicted octanol–water partition coefficient (Wildman–Crippen LogP) is 5.15. The molecule has 2 aromatic heterocycles. The number of pyridine rings is 1. The van der Waals surface area contributed by atoms with Gasteiger partial charge in [0.25, 0.3) is 0 Å². The second-order valence-electron chi connectivity index (χ2n) is 12.0. The molecule has 2 N–H and O–H groups in total. The van der Waals surface area contributed by atoms with Crippen molar-refractivity contribution in [3.63, 3.8) is 0 Å². The fourth-order valence-corrected chi connectivity index (χ4v) is 7.86. The summed E-state index contributed by atoms with van der Waals surface area (Å²) in [5.41, 5.74) is 2.03. The molecule has 4 aromatic rings. The first-order valence-electron chi connectivity index (χ1n) is 14.5. The second kappa shape index (κ2) is 9.43. The van der Waals surface area contributed by atoms with E-state index in [0.29, 0.717) is 41.1 Å². The predicted molar refractivity (Wildman–Crippen MR) is 157 cm³/mol. The molecule has 0 radical (unpaired) electrons. The van der Waals surface area contributed by atoms with E-state index < -0.39 is 0 Å². The van der Waals surface area contributed by atoms with Gasteiger partial charge in [-0.1, -0.05) is 35.9 Å². The summed E-state index contributed by atoms with van der Waals surface area (Å²) in [6.45, 7) is 4.67. The summed E-state index contributed by atoms with van der Waals surface area (Å²) in [4.78, 5) is 19.8. The molecule has 4 saturated heterocycles. The largest absolute Gasteiger partial charge is 0.508 e. The van der Waals surface area contributed by atoms with Gasteiger partial charge in [-0.2, -0.15) is 9.97 Å². The Morgan fingerprint density at radius 1 is 0.975 bits per heavy atom. The normalized spacial score (nSPS) is 23.8. The zero-order valence-corrected chi connectivity index (χ0v) is 23.2. The maximum Gasteiger partial charge on any atom is 0.320 e. The third kappa shape index (κ3) is 4.07. The van der Waals surface area contributed by atoms with Crippen LogP contribution < -0.4 is 15.0 Å². The zero-order valence-electron chi connectivity index (χ0n) is 22.4. The van der Waals surface area contributed by atoms with Crippen LogP contribution in [0.1, 0.15) is 38.5 Å². The molecule has 0 spiro atoms. The molecular weight excluding hydrogens is 524 g/mol. The van der Waals surface area contributed by atoms with E-state index >= 15 is 0 Å². The van der Waals surface area contributed by atoms with E-state index in [1.807, 2.05) is 30.3 Å². The van der Waals surface area contributed by atoms with Crippen LogP contribution >= 0.6 is 11.6 Å². The Bertz CT molecular complexity index is 1610. The van der Waals surface area contributed by atoms with Crippen molar-refractivity contribution in [2.75, 3.05) is 37.7 Å². The number of ether oxygens (including phenoxy) is 1. The van der Waals surface area contributed by atoms with Crippen molar-refractivity contribution in [2.45, 2.75) is 56.1 Å². The lowest BCUT2D eigenvalue weighted by atomic mass is 9.95. The zero-order chi connectivity index (χ0) is 26.8. The van der Waals surface area contributed by atoms with Crippen LogP contribution in [0.25, 0.3) is 33.1 Å². The third-order valence-electron chi connectivity index (χ3n) is 9.50. The summed E-state index contributed by atoms with van der Waals surface area (Å²) < 4.78 is 6.45. The van der Waals surface area contributed by atoms with E-state index in [-0.39, 0.29) is 11.3 Å². The number of anilines is 1. The van der Waals surface area contributed by atoms with Crippen molar-refractivity contribution in [3.8, 4) is 23.0 Å². The van der Waals surface area contributed by atoms with Crippen LogP contribution in [-0.4, -0.2) is 75.4 Å². The molecule has 0 aliphatic carbocycles. The molecular formula is C31H33ClN6O2. The van der Waals surface area contributed by atoms with Gasteiger partial charge in [0, 0.05) is 30.7 Å². The Hall–Kier alpha value is -3.20. The minimum absolute atomic E-state index is 0.103. The van der Waals surface area contributed by atoms with Gasteiger partial charge in [-0.05, 0) is 80.6 Å². The van der Waals surface area contributed by atoms with E-state index in [4.69, 9.17) is 31.3 Å². The molecule has 2 atom stereocenters. The first kappa shape index (κ1) is 24.6. The van der Waals surface area contributed by atoms with Gasteiger partial charge in [0.15, 0.2) is 5.65 Å². The van der Waals surface area contributed by atoms with Gasteiger partial charge in [-0.25, -0.2) is 4.98 Å². The molecule has 9 heteroatoms. The van der Waals surface area contributed by atoms with E-state index in [1.54, 1.807) is 12.1 Å². The molecule has 0 amide bonds. The van der Waals surface area contributed by atoms with Crippen molar-refractivity contribution in [3.05, 3.63) is 47.5 Å². The molecule has 4 aliphatic heterocycles. The topological polar surface area (TPSA) is 86.6 Å². The molecule has 2 bridgehead atoms. The Morgan fingerprint density at radius 3 is 2.55 bits per heavy atom. The standard InChI is InChI=1S/C31H33ClN6O2/c32-26-15-25-28(34-27(26)24-14-22(39)13-19-5-1-2-6-23(19)24)35-30(40-18-31-9-3-11-38(31)12-4-10-31)36-29(25)37-16-20-7-8-21(17-37)33-20/h1-2,5-6,13-15,20-21,33,39H,3-4,7-12,16-18H2. The summed E-state index contributed by atoms with van der Waals surface area (Å²) in [5.74, 6) is 1.01. The Morgan fingerprint density at radius 2 is 1.75 bits per heavy atom. The van der Waals surface area contributed by atoms with Crippen molar-refractivity contribution >= 4 is 39.2 Å². The second-order valence-corrected chi connectivity index (χ2v) is 12.4. The van der Waals surface area contributed by atoms with Crippen LogP contribution in [-0.2, 0) is 0 Å². The molecule has 0 saturated carbocycles. The van der Waals surface area contributed by atoms with Gasteiger partial charge in [-0.15, -0.1) is 0 Å². The molecule has 40 heavy (non-hydrogen) atoms. The Labute approximate surface area is 238 Å². The highest BCUT2D eigenvalue weighted by Crippen LogP contribution is 2.41. The van der Waals surface area contributed by atoms with Crippen LogP contribution in [0.3, 0.4) is 0 Å². The van der Waals surface area contributed by atoms with Crippen LogP contribution in [0, 0.1) is 0 Å². The number of aromatic nitrogens is 3. The van der Waals surface area contributed by atoms with Gasteiger partial charge in [0.05, 0.1) is 21.6 Å². The minimum atomic E-state index is 0.103. The fraction of sp³-hybridized carbons (Fsp3) is 0.452. The number of halogens is 1. The quantitative estimate of drug-likeness (QED) is 0.349. The van der Waals surface area contributed by atoms with Gasteiger partial charge in [0.2, 0.25) is 0 Å². The lowest BCUT2D eigenvalue weighted by Gasteiger charge is -2.34. The lowest BCUT2D eigenvalue weighted by Crippen LogP contribution is -2.51. The molecule has 8 rings (SSSR count). The number of nitrogens with one attached hydrogen (secondary N) is 1. The highest BCUT2D eigenvalue weighted by molar-refractivity contribution is 6.34. The number of fused-ring (bicyclic) bond motifs is 5. The monoisotopic (exact) mass is 556 g/mol. The van der Waals surface area contributed by atoms with Crippen LogP contribution in [0.15, 0.2) is 42.5 Å². The number of rotatable bonds is 5. The first-order valence-corrected chi connectivity index (χ1v) is 14.9. The number of hydrogen-bond acceptors (Lipinski definition) is 8. The summed E-state index contributed by atoms with van der Waals surface area (Å²) >= 11 is 6.95. The van der Waals surface area contributed by atoms with Crippen LogP contribution in [0.5, 0.6) is 11.8 Å². The number of benzene rings is 2. The Kier molecular flexibility index (Phi) is 5.80. The summed E-state index contributed by atoms with van der Waals surface area (Å²) in [5, 5.41) is 17.5. The van der Waals surface area contributed by atoms with Crippen LogP contribution in [0.2, 0.25) is 5.02 Å². The van der Waals surface area contributed by atoms with Crippen molar-refractivity contribution in [1.82, 2.24) is 25.2 Å². The molecule has 206 valence electrons. The maximum absolute atomic E-state index is 10.5. The number of phenols is 1. The molecule has 6 heterocycles. The first-order chi connectivity index (χ1) is 19.5. The van der Waals surface area contributed by atoms with Crippen molar-refractivity contribution in [1.29, 1.82) is 0 Å². The van der Waals surface area contributed by atoms with E-state index in [1.165, 1.54) is 25.7 Å². The molecule has 2 aromatic carbocycles. The van der Waals surface area contributed by atoms with Crippen LogP contribution in [0.4, 0.5) is 5.82 Å². The highest BCUT2D eigenvalue weighted by Gasteiger charge is 2.45. The number of phenolic OH excluding ortho intramolecular Hbond substituents is 1.